The van der Waals surface area contributed by atoms with Gasteiger partial charge in [-0.15, -0.1) is 0 Å². The average Bonchev–Trinajstić information content (AvgIpc) is 2.65. The molecule has 1 heterocycles. The first-order valence-corrected chi connectivity index (χ1v) is 4.99. The lowest BCUT2D eigenvalue weighted by atomic mass is 10.1. The van der Waals surface area contributed by atoms with Gasteiger partial charge in [-0.05, 0) is 18.2 Å². The van der Waals surface area contributed by atoms with Gasteiger partial charge in [0.15, 0.2) is 0 Å². The van der Waals surface area contributed by atoms with Crippen LogP contribution in [0.5, 0.6) is 0 Å². The van der Waals surface area contributed by atoms with Crippen LogP contribution in [0.15, 0.2) is 36.4 Å². The monoisotopic (exact) mass is 207 g/mol. The van der Waals surface area contributed by atoms with Gasteiger partial charge in [-0.3, -0.25) is 0 Å². The Morgan fingerprint density at radius 1 is 1.06 bits per heavy atom. The first kappa shape index (κ1) is 8.81. The van der Waals surface area contributed by atoms with Gasteiger partial charge in [-0.2, -0.15) is 5.26 Å². The number of anilines is 1. The highest BCUT2D eigenvalue weighted by Gasteiger charge is 2.06. The number of fused-ring (bicyclic) bond motifs is 3. The second kappa shape index (κ2) is 3.01. The molecule has 0 saturated carbocycles. The Kier molecular flexibility index (Phi) is 1.66. The van der Waals surface area contributed by atoms with Gasteiger partial charge in [0.1, 0.15) is 6.07 Å². The average molecular weight is 207 g/mol. The molecule has 0 atom stereocenters. The summed E-state index contributed by atoms with van der Waals surface area (Å²) >= 11 is 0. The van der Waals surface area contributed by atoms with Crippen molar-refractivity contribution >= 4 is 27.5 Å². The number of nitrogens with one attached hydrogen (secondary N) is 1. The van der Waals surface area contributed by atoms with Gasteiger partial charge in [0.2, 0.25) is 0 Å². The molecule has 3 rings (SSSR count). The third-order valence-electron chi connectivity index (χ3n) is 2.80. The van der Waals surface area contributed by atoms with Crippen molar-refractivity contribution in [3.8, 4) is 6.07 Å². The molecule has 0 aliphatic carbocycles. The summed E-state index contributed by atoms with van der Waals surface area (Å²) in [7, 11) is 0. The van der Waals surface area contributed by atoms with Crippen LogP contribution in [0.2, 0.25) is 0 Å². The first-order valence-electron chi connectivity index (χ1n) is 4.99. The fourth-order valence-corrected chi connectivity index (χ4v) is 2.01. The van der Waals surface area contributed by atoms with Crippen LogP contribution >= 0.6 is 0 Å². The van der Waals surface area contributed by atoms with Crippen LogP contribution in [-0.4, -0.2) is 4.98 Å². The van der Waals surface area contributed by atoms with E-state index in [0.29, 0.717) is 11.3 Å². The van der Waals surface area contributed by atoms with Crippen molar-refractivity contribution in [1.29, 1.82) is 5.26 Å². The summed E-state index contributed by atoms with van der Waals surface area (Å²) in [4.78, 5) is 3.28. The molecule has 16 heavy (non-hydrogen) atoms. The highest BCUT2D eigenvalue weighted by Crippen LogP contribution is 2.28. The van der Waals surface area contributed by atoms with Gasteiger partial charge in [-0.25, -0.2) is 0 Å². The molecule has 3 N–H and O–H groups in total. The van der Waals surface area contributed by atoms with Crippen molar-refractivity contribution in [3.05, 3.63) is 42.0 Å². The third kappa shape index (κ3) is 1.07. The van der Waals surface area contributed by atoms with E-state index in [1.807, 2.05) is 36.4 Å². The van der Waals surface area contributed by atoms with Gasteiger partial charge in [0, 0.05) is 21.8 Å². The van der Waals surface area contributed by atoms with Crippen molar-refractivity contribution in [2.45, 2.75) is 0 Å². The lowest BCUT2D eigenvalue weighted by Gasteiger charge is -1.97. The highest BCUT2D eigenvalue weighted by atomic mass is 14.7. The summed E-state index contributed by atoms with van der Waals surface area (Å²) in [6.07, 6.45) is 0. The number of aromatic nitrogens is 1. The Hall–Kier alpha value is -2.47. The number of nitrogens with zero attached hydrogens (tertiary/aromatic N) is 1. The zero-order valence-corrected chi connectivity index (χ0v) is 8.49. The summed E-state index contributed by atoms with van der Waals surface area (Å²) in [5, 5.41) is 11.1. The van der Waals surface area contributed by atoms with E-state index < -0.39 is 0 Å². The number of H-pyrrole nitrogens is 1. The van der Waals surface area contributed by atoms with E-state index in [0.717, 1.165) is 21.8 Å². The number of nitriles is 1. The lowest BCUT2D eigenvalue weighted by molar-refractivity contribution is 1.49. The molecule has 0 spiro atoms. The van der Waals surface area contributed by atoms with Crippen molar-refractivity contribution in [2.75, 3.05) is 5.73 Å². The topological polar surface area (TPSA) is 65.6 Å². The second-order valence-corrected chi connectivity index (χ2v) is 3.77. The molecule has 76 valence electrons. The maximum atomic E-state index is 8.95. The fourth-order valence-electron chi connectivity index (χ4n) is 2.01. The lowest BCUT2D eigenvalue weighted by Crippen LogP contribution is -1.89. The van der Waals surface area contributed by atoms with Crippen LogP contribution < -0.4 is 5.73 Å². The smallest absolute Gasteiger partial charge is 0.101 e. The second-order valence-electron chi connectivity index (χ2n) is 3.77. The molecule has 1 aromatic heterocycles. The number of para-hydroxylation sites is 1. The molecule has 2 aromatic carbocycles. The van der Waals surface area contributed by atoms with E-state index in [1.54, 1.807) is 0 Å². The van der Waals surface area contributed by atoms with Gasteiger partial charge in [0.25, 0.3) is 0 Å². The normalized spacial score (nSPS) is 10.7. The molecule has 0 aliphatic rings. The zero-order valence-electron chi connectivity index (χ0n) is 8.49. The maximum Gasteiger partial charge on any atom is 0.101 e. The Morgan fingerprint density at radius 2 is 1.88 bits per heavy atom. The van der Waals surface area contributed by atoms with E-state index in [9.17, 15) is 0 Å². The summed E-state index contributed by atoms with van der Waals surface area (Å²) in [6, 6.07) is 13.8. The first-order chi connectivity index (χ1) is 7.79. The van der Waals surface area contributed by atoms with E-state index >= 15 is 0 Å². The number of nitrogen functional groups attached to an aromatic ring is 1. The zero-order chi connectivity index (χ0) is 11.1. The highest BCUT2D eigenvalue weighted by molar-refractivity contribution is 6.08. The molecule has 0 fully saturated rings. The van der Waals surface area contributed by atoms with Gasteiger partial charge >= 0.3 is 0 Å². The minimum atomic E-state index is 0.515. The van der Waals surface area contributed by atoms with Crippen molar-refractivity contribution in [2.24, 2.45) is 0 Å². The number of aromatic amines is 1. The van der Waals surface area contributed by atoms with E-state index in [-0.39, 0.29) is 0 Å². The molecule has 0 unspecified atom stereocenters. The van der Waals surface area contributed by atoms with Gasteiger partial charge < -0.3 is 10.7 Å². The Bertz CT molecular complexity index is 732. The van der Waals surface area contributed by atoms with Gasteiger partial charge in [0.05, 0.1) is 11.3 Å². The summed E-state index contributed by atoms with van der Waals surface area (Å²) < 4.78 is 0. The summed E-state index contributed by atoms with van der Waals surface area (Å²) in [5.41, 5.74) is 8.85. The van der Waals surface area contributed by atoms with Crippen LogP contribution in [0.4, 0.5) is 5.69 Å². The van der Waals surface area contributed by atoms with Crippen LogP contribution in [0.3, 0.4) is 0 Å². The molecule has 0 amide bonds. The number of rotatable bonds is 0. The Labute approximate surface area is 92.1 Å². The van der Waals surface area contributed by atoms with Crippen LogP contribution in [-0.2, 0) is 0 Å². The number of benzene rings is 2. The Balaban J connectivity index is 2.53. The number of hydrogen-bond donors (Lipinski definition) is 2. The summed E-state index contributed by atoms with van der Waals surface area (Å²) in [5.74, 6) is 0. The third-order valence-corrected chi connectivity index (χ3v) is 2.80. The largest absolute Gasteiger partial charge is 0.398 e. The minimum Gasteiger partial charge on any atom is -0.398 e. The van der Waals surface area contributed by atoms with Crippen molar-refractivity contribution in [1.82, 2.24) is 4.98 Å². The molecule has 0 aliphatic heterocycles. The van der Waals surface area contributed by atoms with E-state index in [1.165, 1.54) is 0 Å². The van der Waals surface area contributed by atoms with Crippen molar-refractivity contribution < 1.29 is 0 Å². The van der Waals surface area contributed by atoms with Crippen LogP contribution in [0, 0.1) is 11.3 Å². The van der Waals surface area contributed by atoms with E-state index in [4.69, 9.17) is 11.0 Å². The van der Waals surface area contributed by atoms with Crippen LogP contribution in [0.25, 0.3) is 21.8 Å². The van der Waals surface area contributed by atoms with Gasteiger partial charge in [-0.1, -0.05) is 18.2 Å². The quantitative estimate of drug-likeness (QED) is 0.556. The minimum absolute atomic E-state index is 0.515. The number of nitrogens with two attached hydrogens (primary N) is 1. The Morgan fingerprint density at radius 3 is 2.69 bits per heavy atom. The summed E-state index contributed by atoms with van der Waals surface area (Å²) in [6.45, 7) is 0. The molecule has 0 saturated heterocycles. The van der Waals surface area contributed by atoms with Crippen molar-refractivity contribution in [3.63, 3.8) is 0 Å². The number of hydrogen-bond acceptors (Lipinski definition) is 2. The maximum absolute atomic E-state index is 8.95. The molecule has 3 aromatic rings. The SMILES string of the molecule is N#Cc1cc2c(cc1N)[nH]c1ccccc12. The molecule has 3 nitrogen and oxygen atoms in total. The van der Waals surface area contributed by atoms with Crippen LogP contribution in [0.1, 0.15) is 5.56 Å². The van der Waals surface area contributed by atoms with E-state index in [2.05, 4.69) is 11.1 Å². The molecule has 3 heteroatoms. The molecule has 0 bridgehead atoms. The predicted molar refractivity (Wildman–Crippen MR) is 64.9 cm³/mol. The molecular formula is C13H9N3. The molecule has 0 radical (unpaired) electrons. The fraction of sp³-hybridized carbons (Fsp3) is 0. The standard InChI is InChI=1S/C13H9N3/c14-7-8-5-10-9-3-1-2-4-12(9)16-13(10)6-11(8)15/h1-6,16H,15H2. The predicted octanol–water partition coefficient (Wildman–Crippen LogP) is 2.77. The molecular weight excluding hydrogens is 198 g/mol.